The van der Waals surface area contributed by atoms with E-state index < -0.39 is 11.4 Å². The van der Waals surface area contributed by atoms with Crippen LogP contribution in [0.4, 0.5) is 0 Å². The lowest BCUT2D eigenvalue weighted by molar-refractivity contribution is -0.138. The fourth-order valence-corrected chi connectivity index (χ4v) is 3.96. The summed E-state index contributed by atoms with van der Waals surface area (Å²) in [5.41, 5.74) is 3.25. The molecule has 122 valence electrons. The number of nitrogens with one attached hydrogen (secondary N) is 1. The Bertz CT molecular complexity index is 787. The molecule has 23 heavy (non-hydrogen) atoms. The van der Waals surface area contributed by atoms with Gasteiger partial charge < -0.3 is 10.1 Å². The summed E-state index contributed by atoms with van der Waals surface area (Å²) >= 11 is 0. The minimum Gasteiger partial charge on any atom is -0.481 e. The van der Waals surface area contributed by atoms with E-state index in [0.29, 0.717) is 25.2 Å². The lowest BCUT2D eigenvalue weighted by Crippen LogP contribution is -2.35. The lowest BCUT2D eigenvalue weighted by atomic mass is 9.69. The summed E-state index contributed by atoms with van der Waals surface area (Å²) in [7, 11) is 0. The van der Waals surface area contributed by atoms with Gasteiger partial charge >= 0.3 is 5.97 Å². The van der Waals surface area contributed by atoms with Crippen molar-refractivity contribution in [3.8, 4) is 0 Å². The first-order valence-corrected chi connectivity index (χ1v) is 8.29. The molecule has 1 aliphatic carbocycles. The van der Waals surface area contributed by atoms with E-state index in [0.717, 1.165) is 22.2 Å². The molecule has 0 saturated heterocycles. The molecule has 0 radical (unpaired) electrons. The molecule has 0 saturated carbocycles. The van der Waals surface area contributed by atoms with E-state index in [1.807, 2.05) is 19.1 Å². The number of hydrogen-bond donors (Lipinski definition) is 2. The van der Waals surface area contributed by atoms with E-state index in [1.165, 1.54) is 5.56 Å². The number of aromatic amines is 1. The van der Waals surface area contributed by atoms with Crippen LogP contribution in [-0.4, -0.2) is 21.8 Å². The van der Waals surface area contributed by atoms with Crippen molar-refractivity contribution in [3.05, 3.63) is 35.0 Å². The molecule has 4 nitrogen and oxygen atoms in total. The highest BCUT2D eigenvalue weighted by atomic mass is 16.4. The average Bonchev–Trinajstić information content (AvgIpc) is 2.90. The number of aliphatic carboxylic acids is 1. The van der Waals surface area contributed by atoms with Crippen molar-refractivity contribution in [1.29, 1.82) is 0 Å². The predicted molar refractivity (Wildman–Crippen MR) is 90.2 cm³/mol. The normalized spacial score (nSPS) is 21.0. The van der Waals surface area contributed by atoms with Crippen molar-refractivity contribution >= 4 is 22.7 Å². The standard InChI is InChI=1S/C19H23NO3/c1-4-19(10-15(22)23)9-8-14(21)16-13-7-5-6-12(11(2)3)17(13)20-18(16)19/h5-7,11,20H,4,8-10H2,1-3H3,(H,22,23). The molecule has 2 aromatic rings. The van der Waals surface area contributed by atoms with Gasteiger partial charge in [-0.1, -0.05) is 39.0 Å². The average molecular weight is 313 g/mol. The van der Waals surface area contributed by atoms with Gasteiger partial charge in [0.05, 0.1) is 6.42 Å². The monoisotopic (exact) mass is 313 g/mol. The van der Waals surface area contributed by atoms with Gasteiger partial charge in [-0.25, -0.2) is 0 Å². The second kappa shape index (κ2) is 5.52. The van der Waals surface area contributed by atoms with Gasteiger partial charge in [-0.2, -0.15) is 0 Å². The molecule has 0 bridgehead atoms. The van der Waals surface area contributed by atoms with Gasteiger partial charge in [0.1, 0.15) is 0 Å². The zero-order chi connectivity index (χ0) is 16.8. The van der Waals surface area contributed by atoms with Crippen molar-refractivity contribution in [1.82, 2.24) is 4.98 Å². The fourth-order valence-electron chi connectivity index (χ4n) is 3.96. The summed E-state index contributed by atoms with van der Waals surface area (Å²) in [6.07, 6.45) is 1.80. The number of aromatic nitrogens is 1. The van der Waals surface area contributed by atoms with Crippen LogP contribution < -0.4 is 0 Å². The predicted octanol–water partition coefficient (Wildman–Crippen LogP) is 4.39. The maximum absolute atomic E-state index is 12.6. The summed E-state index contributed by atoms with van der Waals surface area (Å²) in [6.45, 7) is 6.26. The van der Waals surface area contributed by atoms with Gasteiger partial charge in [0, 0.05) is 34.0 Å². The number of rotatable bonds is 4. The fraction of sp³-hybridized carbons (Fsp3) is 0.474. The maximum atomic E-state index is 12.6. The number of fused-ring (bicyclic) bond motifs is 3. The van der Waals surface area contributed by atoms with Crippen LogP contribution in [0.15, 0.2) is 18.2 Å². The SMILES string of the molecule is CCC1(CC(=O)O)CCC(=O)c2c1[nH]c1c(C(C)C)cccc21. The molecular formula is C19H23NO3. The van der Waals surface area contributed by atoms with Crippen molar-refractivity contribution < 1.29 is 14.7 Å². The molecule has 0 spiro atoms. The number of carbonyl (C=O) groups is 2. The number of ketones is 1. The van der Waals surface area contributed by atoms with Gasteiger partial charge in [0.15, 0.2) is 5.78 Å². The summed E-state index contributed by atoms with van der Waals surface area (Å²) in [5, 5.41) is 10.3. The van der Waals surface area contributed by atoms with Crippen LogP contribution in [-0.2, 0) is 10.2 Å². The van der Waals surface area contributed by atoms with Crippen molar-refractivity contribution in [2.45, 2.75) is 57.8 Å². The second-order valence-corrected chi connectivity index (χ2v) is 6.93. The van der Waals surface area contributed by atoms with Gasteiger partial charge in [-0.15, -0.1) is 0 Å². The van der Waals surface area contributed by atoms with Crippen LogP contribution in [0.5, 0.6) is 0 Å². The van der Waals surface area contributed by atoms with E-state index in [2.05, 4.69) is 24.9 Å². The molecule has 2 N–H and O–H groups in total. The van der Waals surface area contributed by atoms with Crippen LogP contribution in [0.3, 0.4) is 0 Å². The second-order valence-electron chi connectivity index (χ2n) is 6.93. The molecule has 1 aromatic heterocycles. The first kappa shape index (κ1) is 15.8. The highest BCUT2D eigenvalue weighted by Gasteiger charge is 2.42. The number of carboxylic acids is 1. The third-order valence-corrected chi connectivity index (χ3v) is 5.29. The van der Waals surface area contributed by atoms with Crippen LogP contribution >= 0.6 is 0 Å². The summed E-state index contributed by atoms with van der Waals surface area (Å²) in [4.78, 5) is 27.4. The Kier molecular flexibility index (Phi) is 3.78. The third-order valence-electron chi connectivity index (χ3n) is 5.29. The Morgan fingerprint density at radius 2 is 2.13 bits per heavy atom. The topological polar surface area (TPSA) is 70.2 Å². The third kappa shape index (κ3) is 2.37. The molecule has 0 fully saturated rings. The molecule has 1 aliphatic rings. The summed E-state index contributed by atoms with van der Waals surface area (Å²) in [6, 6.07) is 6.03. The summed E-state index contributed by atoms with van der Waals surface area (Å²) in [5.74, 6) is -0.346. The Labute approximate surface area is 135 Å². The molecule has 0 amide bonds. The zero-order valence-corrected chi connectivity index (χ0v) is 13.9. The van der Waals surface area contributed by atoms with Crippen LogP contribution in [0.1, 0.15) is 74.0 Å². The Hall–Kier alpha value is -2.10. The maximum Gasteiger partial charge on any atom is 0.304 e. The number of carbonyl (C=O) groups excluding carboxylic acids is 1. The lowest BCUT2D eigenvalue weighted by Gasteiger charge is -2.34. The van der Waals surface area contributed by atoms with Gasteiger partial charge in [-0.05, 0) is 24.3 Å². The molecule has 1 atom stereocenters. The number of benzene rings is 1. The number of hydrogen-bond acceptors (Lipinski definition) is 2. The number of H-pyrrole nitrogens is 1. The smallest absolute Gasteiger partial charge is 0.304 e. The van der Waals surface area contributed by atoms with Gasteiger partial charge in [0.2, 0.25) is 0 Å². The van der Waals surface area contributed by atoms with Crippen molar-refractivity contribution in [2.24, 2.45) is 0 Å². The highest BCUT2D eigenvalue weighted by molar-refractivity contribution is 6.11. The Morgan fingerprint density at radius 3 is 2.74 bits per heavy atom. The quantitative estimate of drug-likeness (QED) is 0.879. The van der Waals surface area contributed by atoms with E-state index in [4.69, 9.17) is 0 Å². The van der Waals surface area contributed by atoms with E-state index in [9.17, 15) is 14.7 Å². The molecule has 1 aromatic carbocycles. The first-order chi connectivity index (χ1) is 10.9. The van der Waals surface area contributed by atoms with Gasteiger partial charge in [-0.3, -0.25) is 9.59 Å². The molecule has 4 heteroatoms. The largest absolute Gasteiger partial charge is 0.481 e. The molecule has 0 aliphatic heterocycles. The molecule has 1 unspecified atom stereocenters. The molecule has 1 heterocycles. The first-order valence-electron chi connectivity index (χ1n) is 8.29. The van der Waals surface area contributed by atoms with Crippen LogP contribution in [0.25, 0.3) is 10.9 Å². The Morgan fingerprint density at radius 1 is 1.39 bits per heavy atom. The summed E-state index contributed by atoms with van der Waals surface area (Å²) < 4.78 is 0. The van der Waals surface area contributed by atoms with Crippen LogP contribution in [0, 0.1) is 0 Å². The van der Waals surface area contributed by atoms with Crippen molar-refractivity contribution in [2.75, 3.05) is 0 Å². The van der Waals surface area contributed by atoms with Crippen LogP contribution in [0.2, 0.25) is 0 Å². The number of Topliss-reactive ketones (excluding diaryl/α,β-unsaturated/α-hetero) is 1. The van der Waals surface area contributed by atoms with Gasteiger partial charge in [0.25, 0.3) is 0 Å². The minimum absolute atomic E-state index is 0.0631. The Balaban J connectivity index is 2.32. The van der Waals surface area contributed by atoms with E-state index in [-0.39, 0.29) is 12.2 Å². The number of para-hydroxylation sites is 1. The van der Waals surface area contributed by atoms with E-state index in [1.54, 1.807) is 0 Å². The highest BCUT2D eigenvalue weighted by Crippen LogP contribution is 2.45. The molecule has 3 rings (SSSR count). The molecular weight excluding hydrogens is 290 g/mol. The number of carboxylic acid groups (broad SMARTS) is 1. The minimum atomic E-state index is -0.810. The van der Waals surface area contributed by atoms with E-state index >= 15 is 0 Å². The van der Waals surface area contributed by atoms with Crippen molar-refractivity contribution in [3.63, 3.8) is 0 Å². The zero-order valence-electron chi connectivity index (χ0n) is 13.9.